The van der Waals surface area contributed by atoms with E-state index in [4.69, 9.17) is 11.6 Å². The van der Waals surface area contributed by atoms with Crippen LogP contribution in [0.3, 0.4) is 0 Å². The first-order chi connectivity index (χ1) is 15.3. The van der Waals surface area contributed by atoms with Crippen molar-refractivity contribution in [3.63, 3.8) is 0 Å². The largest absolute Gasteiger partial charge is 0.352 e. The van der Waals surface area contributed by atoms with E-state index in [0.717, 1.165) is 5.56 Å². The van der Waals surface area contributed by atoms with E-state index in [-0.39, 0.29) is 34.6 Å². The molecule has 7 nitrogen and oxygen atoms in total. The first-order valence-corrected chi connectivity index (χ1v) is 12.2. The minimum Gasteiger partial charge on any atom is -0.352 e. The van der Waals surface area contributed by atoms with Crippen LogP contribution in [0.25, 0.3) is 0 Å². The second kappa shape index (κ2) is 9.05. The Labute approximate surface area is 192 Å². The third-order valence-corrected chi connectivity index (χ3v) is 8.08. The van der Waals surface area contributed by atoms with Gasteiger partial charge in [0.2, 0.25) is 15.9 Å². The lowest BCUT2D eigenvalue weighted by Gasteiger charge is -2.20. The third kappa shape index (κ3) is 4.72. The summed E-state index contributed by atoms with van der Waals surface area (Å²) in [6, 6.07) is 13.4. The number of halogens is 1. The van der Waals surface area contributed by atoms with E-state index in [9.17, 15) is 18.0 Å². The zero-order valence-corrected chi connectivity index (χ0v) is 18.9. The maximum Gasteiger partial charge on any atom is 0.251 e. The Balaban J connectivity index is 1.31. The molecular formula is C23H24ClN3O4S. The summed E-state index contributed by atoms with van der Waals surface area (Å²) in [5.41, 5.74) is 1.42. The van der Waals surface area contributed by atoms with Gasteiger partial charge in [-0.3, -0.25) is 9.59 Å². The highest BCUT2D eigenvalue weighted by Crippen LogP contribution is 2.47. The van der Waals surface area contributed by atoms with Gasteiger partial charge in [-0.25, -0.2) is 8.42 Å². The van der Waals surface area contributed by atoms with Gasteiger partial charge >= 0.3 is 0 Å². The average molecular weight is 474 g/mol. The second-order valence-corrected chi connectivity index (χ2v) is 10.4. The van der Waals surface area contributed by atoms with E-state index in [0.29, 0.717) is 36.6 Å². The SMILES string of the molecule is C=CC(=O)NC1C2CN(S(=O)(=O)c3ccc(C(=O)NCCc4cccc(Cl)c4)cc3)CC21. The number of amides is 2. The Morgan fingerprint density at radius 1 is 1.12 bits per heavy atom. The molecule has 2 N–H and O–H groups in total. The van der Waals surface area contributed by atoms with Crippen LogP contribution in [0.4, 0.5) is 0 Å². The van der Waals surface area contributed by atoms with Crippen LogP contribution < -0.4 is 10.6 Å². The van der Waals surface area contributed by atoms with Gasteiger partial charge in [0, 0.05) is 36.3 Å². The van der Waals surface area contributed by atoms with E-state index < -0.39 is 10.0 Å². The summed E-state index contributed by atoms with van der Waals surface area (Å²) in [5.74, 6) is -0.226. The van der Waals surface area contributed by atoms with Crippen LogP contribution in [-0.4, -0.2) is 50.2 Å². The highest BCUT2D eigenvalue weighted by molar-refractivity contribution is 7.89. The number of carbonyl (C=O) groups is 2. The van der Waals surface area contributed by atoms with Crippen molar-refractivity contribution in [3.05, 3.63) is 77.3 Å². The molecule has 1 saturated heterocycles. The number of hydrogen-bond acceptors (Lipinski definition) is 4. The van der Waals surface area contributed by atoms with E-state index in [1.165, 1.54) is 34.6 Å². The number of piperidine rings is 1. The molecule has 0 bridgehead atoms. The lowest BCUT2D eigenvalue weighted by atomic mass is 10.1. The number of hydrogen-bond donors (Lipinski definition) is 2. The lowest BCUT2D eigenvalue weighted by Crippen LogP contribution is -2.37. The van der Waals surface area contributed by atoms with Crippen molar-refractivity contribution in [2.24, 2.45) is 11.8 Å². The molecule has 168 valence electrons. The minimum absolute atomic E-state index is 0.0185. The van der Waals surface area contributed by atoms with Gasteiger partial charge in [0.1, 0.15) is 0 Å². The second-order valence-electron chi connectivity index (χ2n) is 8.05. The Hall–Kier alpha value is -2.68. The third-order valence-electron chi connectivity index (χ3n) is 6.00. The molecule has 9 heteroatoms. The predicted molar refractivity (Wildman–Crippen MR) is 122 cm³/mol. The molecule has 0 radical (unpaired) electrons. The minimum atomic E-state index is -3.64. The van der Waals surface area contributed by atoms with Gasteiger partial charge in [0.25, 0.3) is 5.91 Å². The number of fused-ring (bicyclic) bond motifs is 1. The molecule has 1 heterocycles. The fraction of sp³-hybridized carbons (Fsp3) is 0.304. The highest BCUT2D eigenvalue weighted by Gasteiger charge is 2.58. The van der Waals surface area contributed by atoms with Crippen LogP contribution in [-0.2, 0) is 21.2 Å². The molecule has 2 aromatic carbocycles. The molecular weight excluding hydrogens is 450 g/mol. The molecule has 0 spiro atoms. The summed E-state index contributed by atoms with van der Waals surface area (Å²) in [6.07, 6.45) is 1.86. The van der Waals surface area contributed by atoms with E-state index >= 15 is 0 Å². The Morgan fingerprint density at radius 2 is 1.81 bits per heavy atom. The number of rotatable bonds is 8. The summed E-state index contributed by atoms with van der Waals surface area (Å²) in [7, 11) is -3.64. The van der Waals surface area contributed by atoms with Gasteiger partial charge in [-0.05, 0) is 66.3 Å². The molecule has 2 aromatic rings. The highest BCUT2D eigenvalue weighted by atomic mass is 35.5. The lowest BCUT2D eigenvalue weighted by molar-refractivity contribution is -0.116. The molecule has 0 aromatic heterocycles. The van der Waals surface area contributed by atoms with Crippen LogP contribution in [0, 0.1) is 11.8 Å². The quantitative estimate of drug-likeness (QED) is 0.575. The first-order valence-electron chi connectivity index (χ1n) is 10.4. The van der Waals surface area contributed by atoms with Crippen molar-refractivity contribution in [1.29, 1.82) is 0 Å². The van der Waals surface area contributed by atoms with Crippen molar-refractivity contribution in [1.82, 2.24) is 14.9 Å². The first kappa shape index (κ1) is 22.5. The van der Waals surface area contributed by atoms with Crippen molar-refractivity contribution in [3.8, 4) is 0 Å². The number of nitrogens with zero attached hydrogens (tertiary/aromatic N) is 1. The Kier molecular flexibility index (Phi) is 6.37. The smallest absolute Gasteiger partial charge is 0.251 e. The van der Waals surface area contributed by atoms with E-state index in [1.807, 2.05) is 18.2 Å². The number of nitrogens with one attached hydrogen (secondary N) is 2. The fourth-order valence-corrected chi connectivity index (χ4v) is 5.89. The van der Waals surface area contributed by atoms with Crippen LogP contribution in [0.5, 0.6) is 0 Å². The monoisotopic (exact) mass is 473 g/mol. The Morgan fingerprint density at radius 3 is 2.44 bits per heavy atom. The van der Waals surface area contributed by atoms with Crippen molar-refractivity contribution >= 4 is 33.4 Å². The summed E-state index contributed by atoms with van der Waals surface area (Å²) in [5, 5.41) is 6.32. The molecule has 2 fully saturated rings. The normalized spacial score (nSPS) is 22.1. The van der Waals surface area contributed by atoms with Gasteiger partial charge in [0.05, 0.1) is 4.90 Å². The molecule has 32 heavy (non-hydrogen) atoms. The zero-order chi connectivity index (χ0) is 22.9. The number of sulfonamides is 1. The molecule has 4 rings (SSSR count). The predicted octanol–water partition coefficient (Wildman–Crippen LogP) is 2.23. The summed E-state index contributed by atoms with van der Waals surface area (Å²) in [4.78, 5) is 24.0. The average Bonchev–Trinajstić information content (AvgIpc) is 3.19. The summed E-state index contributed by atoms with van der Waals surface area (Å²) < 4.78 is 27.3. The van der Waals surface area contributed by atoms with Crippen molar-refractivity contribution < 1.29 is 18.0 Å². The van der Waals surface area contributed by atoms with Crippen LogP contribution in [0.15, 0.2) is 66.1 Å². The molecule has 1 aliphatic heterocycles. The molecule has 1 aliphatic carbocycles. The van der Waals surface area contributed by atoms with Crippen molar-refractivity contribution in [2.75, 3.05) is 19.6 Å². The maximum absolute atomic E-state index is 12.9. The molecule has 1 saturated carbocycles. The number of carbonyl (C=O) groups excluding carboxylic acids is 2. The standard InChI is InChI=1S/C23H24ClN3O4S/c1-2-21(28)26-22-19-13-27(14-20(19)22)32(30,31)18-8-6-16(7-9-18)23(29)25-11-10-15-4-3-5-17(24)12-15/h2-9,12,19-20,22H,1,10-11,13-14H2,(H,25,29)(H,26,28). The molecule has 2 aliphatic rings. The Bertz CT molecular complexity index is 1140. The molecule has 2 atom stereocenters. The topological polar surface area (TPSA) is 95.6 Å². The van der Waals surface area contributed by atoms with E-state index in [2.05, 4.69) is 17.2 Å². The number of benzene rings is 2. The maximum atomic E-state index is 12.9. The molecule has 2 unspecified atom stereocenters. The van der Waals surface area contributed by atoms with Gasteiger partial charge < -0.3 is 10.6 Å². The van der Waals surface area contributed by atoms with Crippen LogP contribution in [0.2, 0.25) is 5.02 Å². The zero-order valence-electron chi connectivity index (χ0n) is 17.3. The van der Waals surface area contributed by atoms with Gasteiger partial charge in [0.15, 0.2) is 0 Å². The summed E-state index contributed by atoms with van der Waals surface area (Å²) >= 11 is 5.96. The van der Waals surface area contributed by atoms with E-state index in [1.54, 1.807) is 6.07 Å². The fourth-order valence-electron chi connectivity index (χ4n) is 4.16. The van der Waals surface area contributed by atoms with Gasteiger partial charge in [-0.2, -0.15) is 4.31 Å². The van der Waals surface area contributed by atoms with Crippen LogP contribution >= 0.6 is 11.6 Å². The summed E-state index contributed by atoms with van der Waals surface area (Å²) in [6.45, 7) is 4.63. The molecule has 2 amide bonds. The van der Waals surface area contributed by atoms with Gasteiger partial charge in [-0.15, -0.1) is 0 Å². The van der Waals surface area contributed by atoms with Crippen LogP contribution in [0.1, 0.15) is 15.9 Å². The van der Waals surface area contributed by atoms with Gasteiger partial charge in [-0.1, -0.05) is 30.3 Å². The van der Waals surface area contributed by atoms with Crippen molar-refractivity contribution in [2.45, 2.75) is 17.4 Å².